The summed E-state index contributed by atoms with van der Waals surface area (Å²) in [5.41, 5.74) is 8.08. The van der Waals surface area contributed by atoms with Gasteiger partial charge in [0.25, 0.3) is 0 Å². The van der Waals surface area contributed by atoms with E-state index in [4.69, 9.17) is 56.8 Å². The van der Waals surface area contributed by atoms with Crippen LogP contribution in [0, 0.1) is 11.8 Å². The summed E-state index contributed by atoms with van der Waals surface area (Å²) in [6, 6.07) is 70.4. The van der Waals surface area contributed by atoms with E-state index in [1.165, 1.54) is 0 Å². The van der Waals surface area contributed by atoms with Crippen molar-refractivity contribution in [2.45, 2.75) is 127 Å². The highest BCUT2D eigenvalue weighted by atomic mass is 16.7. The second kappa shape index (κ2) is 32.8. The van der Waals surface area contributed by atoms with Crippen molar-refractivity contribution >= 4 is 5.78 Å². The fourth-order valence-corrected chi connectivity index (χ4v) is 11.3. The lowest BCUT2D eigenvalue weighted by molar-refractivity contribution is -0.330. The zero-order valence-corrected chi connectivity index (χ0v) is 48.7. The van der Waals surface area contributed by atoms with Crippen LogP contribution in [0.25, 0.3) is 0 Å². The predicted molar refractivity (Wildman–Crippen MR) is 322 cm³/mol. The topological polar surface area (TPSA) is 128 Å². The highest BCUT2D eigenvalue weighted by Crippen LogP contribution is 2.36. The van der Waals surface area contributed by atoms with Gasteiger partial charge in [0.1, 0.15) is 54.6 Å². The van der Waals surface area contributed by atoms with Crippen LogP contribution in [0.15, 0.2) is 224 Å². The molecule has 3 aliphatic rings. The number of ether oxygens (including phenoxy) is 12. The number of methoxy groups -OCH3 is 1. The third-order valence-corrected chi connectivity index (χ3v) is 15.8. The molecule has 0 unspecified atom stereocenters. The first-order valence-electron chi connectivity index (χ1n) is 29.7. The van der Waals surface area contributed by atoms with Gasteiger partial charge in [0, 0.05) is 18.9 Å². The van der Waals surface area contributed by atoms with Crippen molar-refractivity contribution in [3.8, 4) is 0 Å². The van der Waals surface area contributed by atoms with Gasteiger partial charge in [-0.1, -0.05) is 218 Å². The van der Waals surface area contributed by atoms with Crippen LogP contribution in [-0.4, -0.2) is 101 Å². The molecule has 2 saturated heterocycles. The zero-order valence-electron chi connectivity index (χ0n) is 48.7. The molecule has 446 valence electrons. The largest absolute Gasteiger partial charge is 0.374 e. The number of rotatable bonds is 31. The molecule has 0 aromatic heterocycles. The quantitative estimate of drug-likeness (QED) is 0.0383. The predicted octanol–water partition coefficient (Wildman–Crippen LogP) is 12.4. The molecule has 13 nitrogen and oxygen atoms in total. The fraction of sp³-hybridized carbons (Fsp3) is 0.375. The van der Waals surface area contributed by atoms with Gasteiger partial charge >= 0.3 is 0 Å². The second-order valence-electron chi connectivity index (χ2n) is 22.0. The molecule has 0 radical (unpaired) electrons. The van der Waals surface area contributed by atoms with E-state index in [1.807, 2.05) is 212 Å². The minimum atomic E-state index is -0.948. The van der Waals surface area contributed by atoms with E-state index >= 15 is 0 Å². The molecule has 0 saturated carbocycles. The number of hydrogen-bond donors (Lipinski definition) is 0. The molecule has 0 amide bonds. The van der Waals surface area contributed by atoms with Gasteiger partial charge in [-0.25, -0.2) is 0 Å². The number of carbonyl (C=O) groups is 1. The van der Waals surface area contributed by atoms with Gasteiger partial charge in [-0.05, 0) is 64.3 Å². The Balaban J connectivity index is 0.892. The summed E-state index contributed by atoms with van der Waals surface area (Å²) in [5.74, 6) is -0.527. The number of benzene rings is 7. The molecule has 2 aliphatic heterocycles. The Labute approximate surface area is 501 Å². The first kappa shape index (κ1) is 61.6. The smallest absolute Gasteiger partial charge is 0.186 e. The molecular formula is C72H80O13. The van der Waals surface area contributed by atoms with Crippen molar-refractivity contribution < 1.29 is 61.6 Å². The minimum absolute atomic E-state index is 0.0853. The molecule has 7 aromatic rings. The Morgan fingerprint density at radius 2 is 0.694 bits per heavy atom. The van der Waals surface area contributed by atoms with Crippen LogP contribution in [0.4, 0.5) is 0 Å². The van der Waals surface area contributed by atoms with Crippen molar-refractivity contribution in [1.82, 2.24) is 0 Å². The van der Waals surface area contributed by atoms with Gasteiger partial charge in [-0.3, -0.25) is 4.79 Å². The van der Waals surface area contributed by atoms with Gasteiger partial charge in [0.15, 0.2) is 12.6 Å². The highest BCUT2D eigenvalue weighted by Gasteiger charge is 2.51. The molecule has 1 aliphatic carbocycles. The molecule has 10 rings (SSSR count). The minimum Gasteiger partial charge on any atom is -0.374 e. The van der Waals surface area contributed by atoms with E-state index in [2.05, 4.69) is 6.08 Å². The SMILES string of the molecule is CO[C@@H]1O[C@H](COCC2=C[C@@H](CO[C@@H]3O[C@H](COCc4ccccc4)[C@H](OCc4ccccc4)[C@H](OCc4ccccc4)[C@H]3OCc3ccccc3)[C@H](C(C)=O)CC2)[C@@H](OCc2ccccc2)[C@H](OCc2ccccc2)[C@H]1OCc1ccccc1. The molecule has 7 aromatic carbocycles. The lowest BCUT2D eigenvalue weighted by Crippen LogP contribution is -2.62. The molecule has 0 spiro atoms. The van der Waals surface area contributed by atoms with Crippen molar-refractivity contribution in [1.29, 1.82) is 0 Å². The lowest BCUT2D eigenvalue weighted by atomic mass is 9.79. The zero-order chi connectivity index (χ0) is 58.3. The highest BCUT2D eigenvalue weighted by molar-refractivity contribution is 5.79. The van der Waals surface area contributed by atoms with E-state index in [0.29, 0.717) is 45.9 Å². The number of hydrogen-bond acceptors (Lipinski definition) is 13. The van der Waals surface area contributed by atoms with Crippen LogP contribution in [0.1, 0.15) is 58.7 Å². The van der Waals surface area contributed by atoms with Crippen LogP contribution in [0.3, 0.4) is 0 Å². The van der Waals surface area contributed by atoms with Crippen LogP contribution in [-0.2, 0) is 108 Å². The van der Waals surface area contributed by atoms with Gasteiger partial charge < -0.3 is 56.8 Å². The second-order valence-corrected chi connectivity index (χ2v) is 22.0. The third-order valence-electron chi connectivity index (χ3n) is 15.8. The maximum Gasteiger partial charge on any atom is 0.186 e. The summed E-state index contributed by atoms with van der Waals surface area (Å²) in [7, 11) is 1.62. The molecule has 13 heteroatoms. The Bertz CT molecular complexity index is 3010. The number of ketones is 1. The molecular weight excluding hydrogens is 1070 g/mol. The van der Waals surface area contributed by atoms with Gasteiger partial charge in [-0.15, -0.1) is 0 Å². The standard InChI is InChI=1S/C72H80O13/c1-52(73)62-39-38-60(42-76-50-63-65(77-43-54-26-12-4-13-27-54)67(79-45-56-30-16-6-17-31-56)69(71(74-2)84-63)81-47-58-34-20-8-21-35-58)40-61(62)49-83-72-70(82-48-59-36-22-9-23-37-59)68(80-46-57-32-18-7-19-33-57)66(78-44-55-28-14-5-15-29-55)64(85-72)51-75-41-53-24-10-3-11-25-53/h3-37,40,61-72H,38-39,41-51H2,1-2H3/t61-,62-,63+,64+,65+,66-,67-,68-,69+,70+,71+,72+/m0/s1. The Kier molecular flexibility index (Phi) is 23.8. The normalized spacial score (nSPS) is 25.0. The van der Waals surface area contributed by atoms with Crippen molar-refractivity contribution in [2.24, 2.45) is 11.8 Å². The Morgan fingerprint density at radius 3 is 1.06 bits per heavy atom. The number of carbonyl (C=O) groups excluding carboxylic acids is 1. The van der Waals surface area contributed by atoms with E-state index in [-0.39, 0.29) is 57.3 Å². The molecule has 2 heterocycles. The first-order chi connectivity index (χ1) is 41.9. The third kappa shape index (κ3) is 18.3. The average Bonchev–Trinajstić information content (AvgIpc) is 3.07. The van der Waals surface area contributed by atoms with Crippen LogP contribution < -0.4 is 0 Å². The summed E-state index contributed by atoms with van der Waals surface area (Å²) < 4.78 is 81.3. The van der Waals surface area contributed by atoms with Gasteiger partial charge in [-0.2, -0.15) is 0 Å². The number of Topliss-reactive ketones (excluding diaryl/α,β-unsaturated/α-hetero) is 1. The Hall–Kier alpha value is -6.53. The molecule has 0 N–H and O–H groups in total. The average molecular weight is 1150 g/mol. The van der Waals surface area contributed by atoms with E-state index in [1.54, 1.807) is 14.0 Å². The van der Waals surface area contributed by atoms with E-state index in [9.17, 15) is 4.79 Å². The molecule has 2 fully saturated rings. The van der Waals surface area contributed by atoms with Crippen molar-refractivity contribution in [2.75, 3.05) is 33.5 Å². The van der Waals surface area contributed by atoms with Crippen LogP contribution >= 0.6 is 0 Å². The fourth-order valence-electron chi connectivity index (χ4n) is 11.3. The van der Waals surface area contributed by atoms with Crippen LogP contribution in [0.2, 0.25) is 0 Å². The summed E-state index contributed by atoms with van der Waals surface area (Å²) in [5, 5.41) is 0. The first-order valence-corrected chi connectivity index (χ1v) is 29.7. The van der Waals surface area contributed by atoms with E-state index in [0.717, 1.165) is 44.5 Å². The lowest BCUT2D eigenvalue weighted by Gasteiger charge is -2.46. The summed E-state index contributed by atoms with van der Waals surface area (Å²) >= 11 is 0. The maximum atomic E-state index is 13.6. The van der Waals surface area contributed by atoms with Crippen molar-refractivity contribution in [3.63, 3.8) is 0 Å². The van der Waals surface area contributed by atoms with Gasteiger partial charge in [0.2, 0.25) is 0 Å². The summed E-state index contributed by atoms with van der Waals surface area (Å²) in [6.07, 6.45) is -3.54. The van der Waals surface area contributed by atoms with Gasteiger partial charge in [0.05, 0.1) is 72.7 Å². The molecule has 85 heavy (non-hydrogen) atoms. The summed E-state index contributed by atoms with van der Waals surface area (Å²) in [4.78, 5) is 13.6. The monoisotopic (exact) mass is 1150 g/mol. The van der Waals surface area contributed by atoms with Crippen molar-refractivity contribution in [3.05, 3.63) is 263 Å². The van der Waals surface area contributed by atoms with Crippen LogP contribution in [0.5, 0.6) is 0 Å². The molecule has 0 bridgehead atoms. The Morgan fingerprint density at radius 1 is 0.376 bits per heavy atom. The summed E-state index contributed by atoms with van der Waals surface area (Å²) in [6.45, 7) is 4.60. The van der Waals surface area contributed by atoms with E-state index < -0.39 is 61.4 Å². The maximum absolute atomic E-state index is 13.6. The molecule has 12 atom stereocenters.